The van der Waals surface area contributed by atoms with Gasteiger partial charge in [0.2, 0.25) is 5.13 Å². The predicted molar refractivity (Wildman–Crippen MR) is 137 cm³/mol. The van der Waals surface area contributed by atoms with Gasteiger partial charge < -0.3 is 14.4 Å². The second-order valence-electron chi connectivity index (χ2n) is 8.09. The third kappa shape index (κ3) is 6.62. The monoisotopic (exact) mass is 489 g/mol. The van der Waals surface area contributed by atoms with E-state index in [4.69, 9.17) is 9.47 Å². The maximum atomic E-state index is 13.0. The molecular formula is C26H27N5O3S. The van der Waals surface area contributed by atoms with Gasteiger partial charge in [-0.05, 0) is 56.9 Å². The molecule has 1 amide bonds. The van der Waals surface area contributed by atoms with Crippen LogP contribution in [0.25, 0.3) is 10.6 Å². The molecular weight excluding hydrogens is 462 g/mol. The topological polar surface area (TPSA) is 89.5 Å². The lowest BCUT2D eigenvalue weighted by Gasteiger charge is -2.19. The van der Waals surface area contributed by atoms with E-state index in [1.54, 1.807) is 30.6 Å². The Bertz CT molecular complexity index is 1250. The number of carbonyl (C=O) groups excluding carboxylic acids is 1. The fourth-order valence-electron chi connectivity index (χ4n) is 3.23. The van der Waals surface area contributed by atoms with Crippen LogP contribution < -0.4 is 14.8 Å². The van der Waals surface area contributed by atoms with Crippen LogP contribution in [0.2, 0.25) is 0 Å². The normalized spacial score (nSPS) is 11.8. The van der Waals surface area contributed by atoms with E-state index >= 15 is 0 Å². The Kier molecular flexibility index (Phi) is 8.02. The van der Waals surface area contributed by atoms with Crippen molar-refractivity contribution in [3.05, 3.63) is 84.2 Å². The highest BCUT2D eigenvalue weighted by Gasteiger charge is 2.17. The Morgan fingerprint density at radius 1 is 1.03 bits per heavy atom. The molecule has 0 radical (unpaired) electrons. The van der Waals surface area contributed by atoms with Crippen molar-refractivity contribution in [3.63, 3.8) is 0 Å². The van der Waals surface area contributed by atoms with Crippen molar-refractivity contribution < 1.29 is 14.3 Å². The fraction of sp³-hybridized carbons (Fsp3) is 0.231. The van der Waals surface area contributed by atoms with Gasteiger partial charge in [0.05, 0.1) is 0 Å². The van der Waals surface area contributed by atoms with Gasteiger partial charge >= 0.3 is 0 Å². The largest absolute Gasteiger partial charge is 0.488 e. The average Bonchev–Trinajstić information content (AvgIpc) is 3.34. The summed E-state index contributed by atoms with van der Waals surface area (Å²) in [7, 11) is 3.95. The van der Waals surface area contributed by atoms with Crippen LogP contribution in [0, 0.1) is 0 Å². The smallest absolute Gasteiger partial charge is 0.257 e. The molecule has 0 bridgehead atoms. The minimum absolute atomic E-state index is 0.180. The first-order chi connectivity index (χ1) is 17.0. The zero-order valence-corrected chi connectivity index (χ0v) is 20.7. The van der Waals surface area contributed by atoms with Crippen molar-refractivity contribution in [3.8, 4) is 22.1 Å². The maximum Gasteiger partial charge on any atom is 0.257 e. The summed E-state index contributed by atoms with van der Waals surface area (Å²) in [6.07, 6.45) is 3.20. The number of amides is 1. The lowest BCUT2D eigenvalue weighted by molar-refractivity contribution is 0.102. The number of rotatable bonds is 10. The molecule has 1 unspecified atom stereocenters. The third-order valence-electron chi connectivity index (χ3n) is 5.15. The SMILES string of the molecule is CC(Oc1ccc(C(=O)Nc2nnc(-c3ccncc3)s2)cc1OCCN(C)C)c1ccccc1. The molecule has 0 fully saturated rings. The van der Waals surface area contributed by atoms with Gasteiger partial charge in [0.25, 0.3) is 5.91 Å². The molecule has 9 heteroatoms. The number of pyridine rings is 1. The summed E-state index contributed by atoms with van der Waals surface area (Å²) in [5, 5.41) is 12.2. The summed E-state index contributed by atoms with van der Waals surface area (Å²) < 4.78 is 12.2. The van der Waals surface area contributed by atoms with Gasteiger partial charge in [0.15, 0.2) is 11.5 Å². The summed E-state index contributed by atoms with van der Waals surface area (Å²) in [6, 6.07) is 18.8. The third-order valence-corrected chi connectivity index (χ3v) is 6.04. The molecule has 0 aliphatic heterocycles. The van der Waals surface area contributed by atoms with Crippen LogP contribution in [0.5, 0.6) is 11.5 Å². The van der Waals surface area contributed by atoms with E-state index in [1.165, 1.54) is 11.3 Å². The number of hydrogen-bond acceptors (Lipinski definition) is 8. The van der Waals surface area contributed by atoms with Gasteiger partial charge in [-0.15, -0.1) is 10.2 Å². The van der Waals surface area contributed by atoms with Crippen molar-refractivity contribution >= 4 is 22.4 Å². The molecule has 1 atom stereocenters. The first-order valence-corrected chi connectivity index (χ1v) is 12.0. The average molecular weight is 490 g/mol. The highest BCUT2D eigenvalue weighted by atomic mass is 32.1. The molecule has 4 rings (SSSR count). The molecule has 0 saturated carbocycles. The number of carbonyl (C=O) groups is 1. The Balaban J connectivity index is 1.51. The fourth-order valence-corrected chi connectivity index (χ4v) is 3.98. The highest BCUT2D eigenvalue weighted by Crippen LogP contribution is 2.33. The van der Waals surface area contributed by atoms with Crippen molar-refractivity contribution in [1.29, 1.82) is 0 Å². The standard InChI is InChI=1S/C26H27N5O3S/c1-18(19-7-5-4-6-8-19)34-22-10-9-21(17-23(22)33-16-15-31(2)3)24(32)28-26-30-29-25(35-26)20-11-13-27-14-12-20/h4-14,17-18H,15-16H2,1-3H3,(H,28,30,32). The number of anilines is 1. The first kappa shape index (κ1) is 24.3. The molecule has 0 aliphatic rings. The van der Waals surface area contributed by atoms with E-state index in [0.717, 1.165) is 17.7 Å². The molecule has 8 nitrogen and oxygen atoms in total. The zero-order chi connectivity index (χ0) is 24.6. The van der Waals surface area contributed by atoms with E-state index < -0.39 is 0 Å². The quantitative estimate of drug-likeness (QED) is 0.338. The van der Waals surface area contributed by atoms with Crippen molar-refractivity contribution in [2.24, 2.45) is 0 Å². The number of aromatic nitrogens is 3. The number of likely N-dealkylation sites (N-methyl/N-ethyl adjacent to an activating group) is 1. The van der Waals surface area contributed by atoms with E-state index in [-0.39, 0.29) is 12.0 Å². The summed E-state index contributed by atoms with van der Waals surface area (Å²) >= 11 is 1.30. The molecule has 1 N–H and O–H groups in total. The summed E-state index contributed by atoms with van der Waals surface area (Å²) in [4.78, 5) is 19.0. The van der Waals surface area contributed by atoms with Crippen LogP contribution in [0.15, 0.2) is 73.1 Å². The van der Waals surface area contributed by atoms with Crippen molar-refractivity contribution in [2.45, 2.75) is 13.0 Å². The minimum atomic E-state index is -0.303. The van der Waals surface area contributed by atoms with Crippen LogP contribution in [-0.4, -0.2) is 53.2 Å². The molecule has 35 heavy (non-hydrogen) atoms. The Hall–Kier alpha value is -3.82. The van der Waals surface area contributed by atoms with Crippen LogP contribution in [0.4, 0.5) is 5.13 Å². The second-order valence-corrected chi connectivity index (χ2v) is 9.06. The molecule has 0 aliphatic carbocycles. The lowest BCUT2D eigenvalue weighted by atomic mass is 10.1. The summed E-state index contributed by atoms with van der Waals surface area (Å²) in [6.45, 7) is 3.17. The van der Waals surface area contributed by atoms with E-state index in [0.29, 0.717) is 33.8 Å². The van der Waals surface area contributed by atoms with Gasteiger partial charge in [-0.2, -0.15) is 0 Å². The Morgan fingerprint density at radius 2 is 1.80 bits per heavy atom. The van der Waals surface area contributed by atoms with Crippen LogP contribution >= 0.6 is 11.3 Å². The number of nitrogens with zero attached hydrogens (tertiary/aromatic N) is 4. The molecule has 2 heterocycles. The number of benzene rings is 2. The Labute approximate surface area is 208 Å². The molecule has 2 aromatic carbocycles. The van der Waals surface area contributed by atoms with Gasteiger partial charge in [0, 0.05) is 30.1 Å². The zero-order valence-electron chi connectivity index (χ0n) is 19.8. The highest BCUT2D eigenvalue weighted by molar-refractivity contribution is 7.18. The minimum Gasteiger partial charge on any atom is -0.488 e. The van der Waals surface area contributed by atoms with E-state index in [9.17, 15) is 4.79 Å². The van der Waals surface area contributed by atoms with Crippen molar-refractivity contribution in [2.75, 3.05) is 32.6 Å². The van der Waals surface area contributed by atoms with Crippen LogP contribution in [-0.2, 0) is 0 Å². The molecule has 180 valence electrons. The first-order valence-electron chi connectivity index (χ1n) is 11.2. The van der Waals surface area contributed by atoms with Gasteiger partial charge in [-0.1, -0.05) is 41.7 Å². The second kappa shape index (κ2) is 11.5. The van der Waals surface area contributed by atoms with Crippen LogP contribution in [0.3, 0.4) is 0 Å². The predicted octanol–water partition coefficient (Wildman–Crippen LogP) is 4.93. The van der Waals surface area contributed by atoms with E-state index in [1.807, 2.05) is 68.4 Å². The Morgan fingerprint density at radius 3 is 2.54 bits per heavy atom. The van der Waals surface area contributed by atoms with Gasteiger partial charge in [0.1, 0.15) is 17.7 Å². The molecule has 0 saturated heterocycles. The number of hydrogen-bond donors (Lipinski definition) is 1. The summed E-state index contributed by atoms with van der Waals surface area (Å²) in [5.41, 5.74) is 2.38. The summed E-state index contributed by atoms with van der Waals surface area (Å²) in [5.74, 6) is 0.784. The number of nitrogens with one attached hydrogen (secondary N) is 1. The van der Waals surface area contributed by atoms with Crippen LogP contribution in [0.1, 0.15) is 28.9 Å². The lowest BCUT2D eigenvalue weighted by Crippen LogP contribution is -2.20. The van der Waals surface area contributed by atoms with Gasteiger partial charge in [-0.25, -0.2) is 0 Å². The van der Waals surface area contributed by atoms with E-state index in [2.05, 4.69) is 20.5 Å². The van der Waals surface area contributed by atoms with Gasteiger partial charge in [-0.3, -0.25) is 15.1 Å². The molecule has 0 spiro atoms. The van der Waals surface area contributed by atoms with Crippen molar-refractivity contribution in [1.82, 2.24) is 20.1 Å². The molecule has 4 aromatic rings. The maximum absolute atomic E-state index is 13.0. The number of ether oxygens (including phenoxy) is 2. The molecule has 2 aromatic heterocycles.